The van der Waals surface area contributed by atoms with Crippen LogP contribution in [-0.4, -0.2) is 73.4 Å². The van der Waals surface area contributed by atoms with Crippen LogP contribution in [0.5, 0.6) is 0 Å². The lowest BCUT2D eigenvalue weighted by molar-refractivity contribution is 0.0219. The topological polar surface area (TPSA) is 95.5 Å². The number of amidine groups is 1. The fraction of sp³-hybridized carbons (Fsp3) is 0.318. The maximum Gasteiger partial charge on any atom is 0.349 e. The fourth-order valence-electron chi connectivity index (χ4n) is 3.43. The molecule has 1 atom stereocenters. The Balaban J connectivity index is 1.47. The van der Waals surface area contributed by atoms with Crippen LogP contribution in [0.25, 0.3) is 0 Å². The third-order valence-electron chi connectivity index (χ3n) is 4.95. The van der Waals surface area contributed by atoms with E-state index >= 15 is 0 Å². The van der Waals surface area contributed by atoms with E-state index in [0.29, 0.717) is 37.7 Å². The Hall–Kier alpha value is -3.43. The molecule has 2 aromatic rings. The van der Waals surface area contributed by atoms with Crippen molar-refractivity contribution < 1.29 is 19.1 Å². The number of rotatable bonds is 4. The predicted molar refractivity (Wildman–Crippen MR) is 117 cm³/mol. The quantitative estimate of drug-likeness (QED) is 0.789. The van der Waals surface area contributed by atoms with Crippen molar-refractivity contribution in [2.24, 2.45) is 4.99 Å². The molecule has 9 nitrogen and oxygen atoms in total. The molecule has 2 fully saturated rings. The van der Waals surface area contributed by atoms with E-state index in [4.69, 9.17) is 9.47 Å². The molecule has 0 radical (unpaired) electrons. The summed E-state index contributed by atoms with van der Waals surface area (Å²) in [5.41, 5.74) is 1.26. The van der Waals surface area contributed by atoms with Crippen molar-refractivity contribution in [3.63, 3.8) is 0 Å². The van der Waals surface area contributed by atoms with Gasteiger partial charge >= 0.3 is 18.1 Å². The van der Waals surface area contributed by atoms with Crippen LogP contribution in [0.3, 0.4) is 0 Å². The molecule has 2 saturated heterocycles. The van der Waals surface area contributed by atoms with Gasteiger partial charge in [-0.25, -0.2) is 14.5 Å². The SMILES string of the molecule is O=C(/N=C1\OC(CN2CCOCC2)CN1C(=O)Nc1ccccc1)Nc1ccccc1. The molecule has 0 saturated carbocycles. The number of anilines is 2. The molecule has 1 unspecified atom stereocenters. The molecule has 2 heterocycles. The molecule has 2 aliphatic heterocycles. The van der Waals surface area contributed by atoms with Crippen molar-refractivity contribution in [1.82, 2.24) is 9.80 Å². The molecule has 2 aromatic carbocycles. The Bertz CT molecular complexity index is 916. The third-order valence-corrected chi connectivity index (χ3v) is 4.95. The summed E-state index contributed by atoms with van der Waals surface area (Å²) in [5.74, 6) is 0. The minimum absolute atomic E-state index is 0.0138. The molecule has 0 spiro atoms. The van der Waals surface area contributed by atoms with E-state index in [1.807, 2.05) is 36.4 Å². The average molecular weight is 423 g/mol. The molecular weight excluding hydrogens is 398 g/mol. The molecule has 4 amide bonds. The van der Waals surface area contributed by atoms with E-state index in [2.05, 4.69) is 20.5 Å². The van der Waals surface area contributed by atoms with E-state index in [1.165, 1.54) is 4.90 Å². The highest BCUT2D eigenvalue weighted by atomic mass is 16.5. The highest BCUT2D eigenvalue weighted by Gasteiger charge is 2.36. The van der Waals surface area contributed by atoms with Crippen LogP contribution in [0, 0.1) is 0 Å². The monoisotopic (exact) mass is 423 g/mol. The lowest BCUT2D eigenvalue weighted by Crippen LogP contribution is -2.42. The number of nitrogens with zero attached hydrogens (tertiary/aromatic N) is 3. The van der Waals surface area contributed by atoms with Gasteiger partial charge in [0, 0.05) is 31.0 Å². The number of hydrogen-bond donors (Lipinski definition) is 2. The summed E-state index contributed by atoms with van der Waals surface area (Å²) in [6, 6.07) is 17.1. The van der Waals surface area contributed by atoms with Crippen molar-refractivity contribution in [3.8, 4) is 0 Å². The van der Waals surface area contributed by atoms with Gasteiger partial charge in [-0.2, -0.15) is 0 Å². The maximum atomic E-state index is 12.9. The number of para-hydroxylation sites is 2. The minimum atomic E-state index is -0.606. The summed E-state index contributed by atoms with van der Waals surface area (Å²) in [6.45, 7) is 3.87. The van der Waals surface area contributed by atoms with Gasteiger partial charge in [-0.3, -0.25) is 4.90 Å². The van der Waals surface area contributed by atoms with Gasteiger partial charge in [0.25, 0.3) is 0 Å². The first-order valence-corrected chi connectivity index (χ1v) is 10.2. The molecule has 0 aliphatic carbocycles. The van der Waals surface area contributed by atoms with Gasteiger partial charge in [0.15, 0.2) is 0 Å². The highest BCUT2D eigenvalue weighted by molar-refractivity contribution is 6.06. The number of nitrogens with one attached hydrogen (secondary N) is 2. The Kier molecular flexibility index (Phi) is 6.75. The number of ether oxygens (including phenoxy) is 2. The van der Waals surface area contributed by atoms with Gasteiger partial charge in [0.1, 0.15) is 6.10 Å². The lowest BCUT2D eigenvalue weighted by atomic mass is 10.3. The molecule has 0 aromatic heterocycles. The Morgan fingerprint density at radius 3 is 2.19 bits per heavy atom. The molecule has 162 valence electrons. The highest BCUT2D eigenvalue weighted by Crippen LogP contribution is 2.17. The zero-order valence-corrected chi connectivity index (χ0v) is 17.1. The van der Waals surface area contributed by atoms with E-state index in [9.17, 15) is 9.59 Å². The Morgan fingerprint density at radius 2 is 1.55 bits per heavy atom. The van der Waals surface area contributed by atoms with Gasteiger partial charge in [0.05, 0.1) is 19.8 Å². The van der Waals surface area contributed by atoms with Crippen LogP contribution < -0.4 is 10.6 Å². The van der Waals surface area contributed by atoms with Gasteiger partial charge in [-0.1, -0.05) is 36.4 Å². The van der Waals surface area contributed by atoms with E-state index in [1.54, 1.807) is 24.3 Å². The van der Waals surface area contributed by atoms with Crippen LogP contribution >= 0.6 is 0 Å². The van der Waals surface area contributed by atoms with Crippen molar-refractivity contribution in [2.75, 3.05) is 50.0 Å². The zero-order chi connectivity index (χ0) is 21.5. The van der Waals surface area contributed by atoms with Crippen LogP contribution in [0.1, 0.15) is 0 Å². The fourth-order valence-corrected chi connectivity index (χ4v) is 3.43. The Labute approximate surface area is 180 Å². The van der Waals surface area contributed by atoms with Crippen molar-refractivity contribution >= 4 is 29.5 Å². The zero-order valence-electron chi connectivity index (χ0n) is 17.1. The summed E-state index contributed by atoms with van der Waals surface area (Å²) in [6.07, 6.45) is -0.289. The second-order valence-corrected chi connectivity index (χ2v) is 7.25. The van der Waals surface area contributed by atoms with Crippen LogP contribution in [0.15, 0.2) is 65.7 Å². The first-order valence-electron chi connectivity index (χ1n) is 10.2. The van der Waals surface area contributed by atoms with Gasteiger partial charge in [-0.15, -0.1) is 4.99 Å². The van der Waals surface area contributed by atoms with Gasteiger partial charge in [0.2, 0.25) is 0 Å². The van der Waals surface area contributed by atoms with Crippen molar-refractivity contribution in [1.29, 1.82) is 0 Å². The van der Waals surface area contributed by atoms with Gasteiger partial charge < -0.3 is 20.1 Å². The smallest absolute Gasteiger partial charge is 0.349 e. The number of carbonyl (C=O) groups excluding carboxylic acids is 2. The van der Waals surface area contributed by atoms with E-state index in [0.717, 1.165) is 13.1 Å². The summed E-state index contributed by atoms with van der Waals surface area (Å²) in [7, 11) is 0. The second-order valence-electron chi connectivity index (χ2n) is 7.25. The molecule has 2 N–H and O–H groups in total. The normalized spacial score (nSPS) is 20.3. The Morgan fingerprint density at radius 1 is 0.935 bits per heavy atom. The largest absolute Gasteiger partial charge is 0.458 e. The number of aliphatic imine (C=N–C) groups is 1. The summed E-state index contributed by atoms with van der Waals surface area (Å²) in [4.78, 5) is 32.9. The van der Waals surface area contributed by atoms with Crippen LogP contribution in [-0.2, 0) is 9.47 Å². The van der Waals surface area contributed by atoms with Gasteiger partial charge in [-0.05, 0) is 24.3 Å². The number of morpholine rings is 1. The molecule has 2 aliphatic rings. The number of urea groups is 2. The van der Waals surface area contributed by atoms with Crippen LogP contribution in [0.2, 0.25) is 0 Å². The summed E-state index contributed by atoms with van der Waals surface area (Å²) >= 11 is 0. The first-order chi connectivity index (χ1) is 15.2. The number of amides is 4. The average Bonchev–Trinajstić information content (AvgIpc) is 3.18. The molecule has 0 bridgehead atoms. The standard InChI is InChI=1S/C22H25N5O4/c28-20(23-17-7-3-1-4-8-17)25-22-27(21(29)24-18-9-5-2-6-10-18)16-19(31-22)15-26-11-13-30-14-12-26/h1-10,19H,11-16H2,(H,23,28)(H,24,29)/b25-22-. The second kappa shape index (κ2) is 10.1. The molecule has 31 heavy (non-hydrogen) atoms. The van der Waals surface area contributed by atoms with Crippen molar-refractivity contribution in [3.05, 3.63) is 60.7 Å². The number of benzene rings is 2. The van der Waals surface area contributed by atoms with E-state index in [-0.39, 0.29) is 12.1 Å². The van der Waals surface area contributed by atoms with Crippen molar-refractivity contribution in [2.45, 2.75) is 6.10 Å². The number of carbonyl (C=O) groups is 2. The maximum absolute atomic E-state index is 12.9. The van der Waals surface area contributed by atoms with E-state index < -0.39 is 12.1 Å². The predicted octanol–water partition coefficient (Wildman–Crippen LogP) is 2.84. The molecular formula is C22H25N5O4. The molecule has 9 heteroatoms. The number of hydrogen-bond acceptors (Lipinski definition) is 5. The lowest BCUT2D eigenvalue weighted by Gasteiger charge is -2.28. The van der Waals surface area contributed by atoms with Crippen LogP contribution in [0.4, 0.5) is 21.0 Å². The minimum Gasteiger partial charge on any atom is -0.458 e. The summed E-state index contributed by atoms with van der Waals surface area (Å²) < 4.78 is 11.3. The first kappa shape index (κ1) is 20.8. The third kappa shape index (κ3) is 5.80. The summed E-state index contributed by atoms with van der Waals surface area (Å²) in [5, 5.41) is 5.50. The molecule has 4 rings (SSSR count).